The van der Waals surface area contributed by atoms with E-state index in [1.54, 1.807) is 18.2 Å². The second kappa shape index (κ2) is 10.0. The molecule has 3 aromatic carbocycles. The van der Waals surface area contributed by atoms with Crippen LogP contribution in [0.2, 0.25) is 0 Å². The Morgan fingerprint density at radius 1 is 0.889 bits per heavy atom. The first kappa shape index (κ1) is 24.4. The van der Waals surface area contributed by atoms with Crippen molar-refractivity contribution in [3.63, 3.8) is 0 Å². The number of rotatable bonds is 6. The molecule has 2 aliphatic rings. The van der Waals surface area contributed by atoms with Crippen LogP contribution in [0.1, 0.15) is 55.4 Å². The number of hydrogen-bond donors (Lipinski definition) is 2. The van der Waals surface area contributed by atoms with Crippen LogP contribution in [0, 0.1) is 17.7 Å². The summed E-state index contributed by atoms with van der Waals surface area (Å²) in [5, 5.41) is 19.8. The summed E-state index contributed by atoms with van der Waals surface area (Å²) in [7, 11) is 0. The predicted octanol–water partition coefficient (Wildman–Crippen LogP) is 6.22. The molecule has 2 N–H and O–H groups in total. The summed E-state index contributed by atoms with van der Waals surface area (Å²) in [6.45, 7) is 10.4. The van der Waals surface area contributed by atoms with Gasteiger partial charge in [-0.15, -0.1) is 0 Å². The second-order valence-corrected chi connectivity index (χ2v) is 10.4. The van der Waals surface area contributed by atoms with Gasteiger partial charge in [0, 0.05) is 31.1 Å². The summed E-state index contributed by atoms with van der Waals surface area (Å²) in [5.41, 5.74) is 2.25. The summed E-state index contributed by atoms with van der Waals surface area (Å²) in [6.07, 6.45) is -0.373. The highest BCUT2D eigenvalue weighted by atomic mass is 19.1. The Kier molecular flexibility index (Phi) is 6.80. The van der Waals surface area contributed by atoms with Crippen molar-refractivity contribution in [1.82, 2.24) is 4.90 Å². The maximum atomic E-state index is 15.0. The highest BCUT2D eigenvalue weighted by molar-refractivity contribution is 5.49. The Morgan fingerprint density at radius 3 is 2.19 bits per heavy atom. The number of hydrogen-bond acceptors (Lipinski definition) is 5. The largest absolute Gasteiger partial charge is 0.508 e. The van der Waals surface area contributed by atoms with Gasteiger partial charge < -0.3 is 19.7 Å². The van der Waals surface area contributed by atoms with Crippen LogP contribution >= 0.6 is 0 Å². The molecule has 0 amide bonds. The lowest BCUT2D eigenvalue weighted by atomic mass is 9.75. The number of likely N-dealkylation sites (tertiary alicyclic amines) is 1. The van der Waals surface area contributed by atoms with Crippen LogP contribution in [0.15, 0.2) is 60.7 Å². The molecule has 2 heterocycles. The van der Waals surface area contributed by atoms with Gasteiger partial charge >= 0.3 is 0 Å². The van der Waals surface area contributed by atoms with Crippen molar-refractivity contribution in [2.24, 2.45) is 11.8 Å². The third-order valence-electron chi connectivity index (χ3n) is 7.92. The molecule has 5 atom stereocenters. The van der Waals surface area contributed by atoms with E-state index in [1.165, 1.54) is 6.07 Å². The molecular formula is C30H34FNO4. The fourth-order valence-corrected chi connectivity index (χ4v) is 5.66. The summed E-state index contributed by atoms with van der Waals surface area (Å²) >= 11 is 0. The van der Waals surface area contributed by atoms with Crippen molar-refractivity contribution in [3.8, 4) is 23.0 Å². The zero-order valence-corrected chi connectivity index (χ0v) is 21.0. The molecule has 5 nitrogen and oxygen atoms in total. The molecule has 0 radical (unpaired) electrons. The standard InChI is InChI=1S/C30H34FNO4/c1-18-16-32(17-19(18)2)14-15-35-24-10-6-22(7-11-24)30-27(21-4-8-23(33)9-5-21)20(3)28-26(36-30)13-12-25(34)29(28)31/h4-13,18-20,27,30,33-34H,14-17H2,1-3H3/t18-,19-,20-,27+,30-/m0/s1. The molecule has 190 valence electrons. The van der Waals surface area contributed by atoms with Gasteiger partial charge in [0.15, 0.2) is 11.6 Å². The van der Waals surface area contributed by atoms with Crippen molar-refractivity contribution >= 4 is 0 Å². The smallest absolute Gasteiger partial charge is 0.171 e. The van der Waals surface area contributed by atoms with Crippen LogP contribution < -0.4 is 9.47 Å². The minimum atomic E-state index is -0.646. The van der Waals surface area contributed by atoms with Crippen molar-refractivity contribution in [2.75, 3.05) is 26.2 Å². The first-order valence-electron chi connectivity index (χ1n) is 12.7. The number of phenols is 2. The average molecular weight is 492 g/mol. The van der Waals surface area contributed by atoms with E-state index in [-0.39, 0.29) is 29.4 Å². The first-order chi connectivity index (χ1) is 17.3. The van der Waals surface area contributed by atoms with E-state index in [4.69, 9.17) is 9.47 Å². The van der Waals surface area contributed by atoms with Gasteiger partial charge in [-0.3, -0.25) is 4.90 Å². The number of ether oxygens (including phenoxy) is 2. The molecule has 0 aromatic heterocycles. The monoisotopic (exact) mass is 491 g/mol. The maximum absolute atomic E-state index is 15.0. The third kappa shape index (κ3) is 4.74. The van der Waals surface area contributed by atoms with Crippen LogP contribution in [-0.2, 0) is 0 Å². The summed E-state index contributed by atoms with van der Waals surface area (Å²) < 4.78 is 27.3. The topological polar surface area (TPSA) is 62.2 Å². The average Bonchev–Trinajstić information content (AvgIpc) is 3.19. The number of halogens is 1. The van der Waals surface area contributed by atoms with E-state index in [1.807, 2.05) is 43.3 Å². The molecule has 0 aliphatic carbocycles. The zero-order valence-electron chi connectivity index (χ0n) is 21.0. The van der Waals surface area contributed by atoms with E-state index in [0.717, 1.165) is 48.3 Å². The van der Waals surface area contributed by atoms with Gasteiger partial charge in [0.05, 0.1) is 0 Å². The molecule has 1 saturated heterocycles. The van der Waals surface area contributed by atoms with Gasteiger partial charge in [-0.05, 0) is 65.3 Å². The van der Waals surface area contributed by atoms with Crippen LogP contribution in [0.3, 0.4) is 0 Å². The Labute approximate surface area is 212 Å². The van der Waals surface area contributed by atoms with Crippen LogP contribution in [0.5, 0.6) is 23.0 Å². The van der Waals surface area contributed by atoms with Crippen LogP contribution in [-0.4, -0.2) is 41.4 Å². The van der Waals surface area contributed by atoms with Gasteiger partial charge in [0.1, 0.15) is 30.0 Å². The number of benzene rings is 3. The van der Waals surface area contributed by atoms with Crippen molar-refractivity contribution in [3.05, 3.63) is 83.2 Å². The fourth-order valence-electron chi connectivity index (χ4n) is 5.66. The minimum absolute atomic E-state index is 0.170. The third-order valence-corrected chi connectivity index (χ3v) is 7.92. The van der Waals surface area contributed by atoms with Gasteiger partial charge in [-0.25, -0.2) is 4.39 Å². The van der Waals surface area contributed by atoms with Gasteiger partial charge in [0.2, 0.25) is 0 Å². The van der Waals surface area contributed by atoms with E-state index < -0.39 is 5.82 Å². The quantitative estimate of drug-likeness (QED) is 0.428. The number of fused-ring (bicyclic) bond motifs is 1. The molecule has 0 saturated carbocycles. The molecule has 5 rings (SSSR count). The predicted molar refractivity (Wildman–Crippen MR) is 137 cm³/mol. The number of phenolic OH excluding ortho intramolecular Hbond substituents is 2. The van der Waals surface area contributed by atoms with E-state index >= 15 is 0 Å². The molecule has 0 bridgehead atoms. The van der Waals surface area contributed by atoms with Gasteiger partial charge in [0.25, 0.3) is 0 Å². The molecular weight excluding hydrogens is 457 g/mol. The van der Waals surface area contributed by atoms with Crippen LogP contribution in [0.25, 0.3) is 0 Å². The highest BCUT2D eigenvalue weighted by Gasteiger charge is 2.40. The Morgan fingerprint density at radius 2 is 1.53 bits per heavy atom. The summed E-state index contributed by atoms with van der Waals surface area (Å²) in [4.78, 5) is 2.46. The lowest BCUT2D eigenvalue weighted by Gasteiger charge is -2.39. The molecule has 6 heteroatoms. The van der Waals surface area contributed by atoms with Crippen molar-refractivity contribution < 1.29 is 24.1 Å². The van der Waals surface area contributed by atoms with Crippen LogP contribution in [0.4, 0.5) is 4.39 Å². The maximum Gasteiger partial charge on any atom is 0.171 e. The van der Waals surface area contributed by atoms with Gasteiger partial charge in [-0.1, -0.05) is 45.0 Å². The molecule has 1 fully saturated rings. The molecule has 2 aliphatic heterocycles. The van der Waals surface area contributed by atoms with Crippen molar-refractivity contribution in [2.45, 2.75) is 38.7 Å². The fraction of sp³-hybridized carbons (Fsp3) is 0.400. The number of nitrogens with zero attached hydrogens (tertiary/aromatic N) is 1. The first-order valence-corrected chi connectivity index (χ1v) is 12.7. The van der Waals surface area contributed by atoms with E-state index in [0.29, 0.717) is 17.9 Å². The lowest BCUT2D eigenvalue weighted by molar-refractivity contribution is 0.133. The lowest BCUT2D eigenvalue weighted by Crippen LogP contribution is -2.28. The Balaban J connectivity index is 1.37. The number of aromatic hydroxyl groups is 2. The zero-order chi connectivity index (χ0) is 25.4. The van der Waals surface area contributed by atoms with Crippen molar-refractivity contribution in [1.29, 1.82) is 0 Å². The highest BCUT2D eigenvalue weighted by Crippen LogP contribution is 2.52. The molecule has 36 heavy (non-hydrogen) atoms. The van der Waals surface area contributed by atoms with Gasteiger partial charge in [-0.2, -0.15) is 0 Å². The second-order valence-electron chi connectivity index (χ2n) is 10.4. The Bertz CT molecular complexity index is 1190. The normalized spacial score (nSPS) is 25.8. The summed E-state index contributed by atoms with van der Waals surface area (Å²) in [6, 6.07) is 17.8. The SMILES string of the molecule is C[C@@H]1c2c(ccc(O)c2F)O[C@@H](c2ccc(OCCN3C[C@H](C)[C@@H](C)C3)cc2)[C@H]1c1ccc(O)cc1. The molecule has 0 unspecified atom stereocenters. The van der Waals surface area contributed by atoms with E-state index in [9.17, 15) is 14.6 Å². The molecule has 3 aromatic rings. The summed E-state index contributed by atoms with van der Waals surface area (Å²) in [5.74, 6) is 1.35. The Hall–Kier alpha value is -3.25. The minimum Gasteiger partial charge on any atom is -0.508 e. The molecule has 0 spiro atoms. The van der Waals surface area contributed by atoms with E-state index in [2.05, 4.69) is 18.7 Å².